The van der Waals surface area contributed by atoms with Crippen LogP contribution in [0.15, 0.2) is 78.2 Å². The molecule has 0 aliphatic heterocycles. The molecular weight excluding hydrogens is 352 g/mol. The summed E-state index contributed by atoms with van der Waals surface area (Å²) in [6.07, 6.45) is 6.94. The highest BCUT2D eigenvalue weighted by molar-refractivity contribution is 7.99. The first-order valence-corrected chi connectivity index (χ1v) is 10.2. The minimum absolute atomic E-state index is 0.978. The lowest BCUT2D eigenvalue weighted by atomic mass is 10.1. The van der Waals surface area contributed by atoms with E-state index in [4.69, 9.17) is 4.98 Å². The summed E-state index contributed by atoms with van der Waals surface area (Å²) >= 11 is 1.78. The Kier molecular flexibility index (Phi) is 5.70. The van der Waals surface area contributed by atoms with Gasteiger partial charge in [-0.1, -0.05) is 72.4 Å². The highest BCUT2D eigenvalue weighted by atomic mass is 32.2. The van der Waals surface area contributed by atoms with Crippen molar-refractivity contribution in [3.63, 3.8) is 0 Å². The van der Waals surface area contributed by atoms with Gasteiger partial charge in [0.2, 0.25) is 0 Å². The number of imidazole rings is 2. The summed E-state index contributed by atoms with van der Waals surface area (Å²) < 4.78 is 0. The van der Waals surface area contributed by atoms with Crippen molar-refractivity contribution in [3.05, 3.63) is 78.9 Å². The van der Waals surface area contributed by atoms with Crippen LogP contribution < -0.4 is 0 Å². The highest BCUT2D eigenvalue weighted by Crippen LogP contribution is 2.32. The summed E-state index contributed by atoms with van der Waals surface area (Å²) in [6, 6.07) is 20.8. The van der Waals surface area contributed by atoms with E-state index >= 15 is 0 Å². The van der Waals surface area contributed by atoms with Gasteiger partial charge in [-0.15, -0.1) is 0 Å². The Morgan fingerprint density at radius 1 is 0.852 bits per heavy atom. The van der Waals surface area contributed by atoms with Gasteiger partial charge < -0.3 is 9.97 Å². The average molecular weight is 375 g/mol. The van der Waals surface area contributed by atoms with Crippen LogP contribution >= 0.6 is 11.8 Å². The first kappa shape index (κ1) is 17.6. The van der Waals surface area contributed by atoms with E-state index in [0.717, 1.165) is 58.5 Å². The molecule has 0 aliphatic rings. The van der Waals surface area contributed by atoms with Crippen LogP contribution in [0.2, 0.25) is 0 Å². The zero-order valence-electron chi connectivity index (χ0n) is 15.1. The first-order valence-electron chi connectivity index (χ1n) is 9.22. The molecule has 0 amide bonds. The maximum Gasteiger partial charge on any atom is 0.166 e. The lowest BCUT2D eigenvalue weighted by Crippen LogP contribution is -1.90. The maximum absolute atomic E-state index is 4.89. The Morgan fingerprint density at radius 3 is 2.30 bits per heavy atom. The number of aromatic nitrogens is 4. The van der Waals surface area contributed by atoms with Gasteiger partial charge >= 0.3 is 0 Å². The number of hydrogen-bond donors (Lipinski definition) is 2. The number of aryl methyl sites for hydroxylation is 1. The summed E-state index contributed by atoms with van der Waals surface area (Å²) in [6.45, 7) is 0. The second-order valence-corrected chi connectivity index (χ2v) is 7.42. The van der Waals surface area contributed by atoms with E-state index in [1.807, 2.05) is 24.5 Å². The molecule has 4 nitrogen and oxygen atoms in total. The van der Waals surface area contributed by atoms with E-state index in [1.54, 1.807) is 11.8 Å². The van der Waals surface area contributed by atoms with Gasteiger partial charge in [-0.2, -0.15) is 0 Å². The van der Waals surface area contributed by atoms with Gasteiger partial charge in [-0.05, 0) is 12.8 Å². The van der Waals surface area contributed by atoms with Crippen molar-refractivity contribution < 1.29 is 0 Å². The number of rotatable bonds is 8. The second-order valence-electron chi connectivity index (χ2n) is 6.34. The molecule has 5 heteroatoms. The molecule has 2 aromatic carbocycles. The number of benzene rings is 2. The molecule has 2 heterocycles. The van der Waals surface area contributed by atoms with E-state index < -0.39 is 0 Å². The molecule has 2 N–H and O–H groups in total. The molecule has 0 spiro atoms. The first-order chi connectivity index (χ1) is 13.4. The SMILES string of the molecule is c1ccc(-c2nc(SCCCCc3ncc[nH]3)[nH]c2-c2ccccc2)cc1. The van der Waals surface area contributed by atoms with Crippen molar-refractivity contribution in [1.29, 1.82) is 0 Å². The Bertz CT molecular complexity index is 890. The van der Waals surface area contributed by atoms with Gasteiger partial charge in [0.1, 0.15) is 5.82 Å². The van der Waals surface area contributed by atoms with Crippen LogP contribution in [-0.2, 0) is 6.42 Å². The molecular formula is C22H22N4S. The Balaban J connectivity index is 1.46. The largest absolute Gasteiger partial charge is 0.349 e. The molecule has 0 saturated carbocycles. The molecule has 4 rings (SSSR count). The minimum atomic E-state index is 0.978. The van der Waals surface area contributed by atoms with Crippen molar-refractivity contribution in [1.82, 2.24) is 19.9 Å². The summed E-state index contributed by atoms with van der Waals surface area (Å²) in [5.74, 6) is 2.10. The predicted molar refractivity (Wildman–Crippen MR) is 112 cm³/mol. The number of nitrogens with zero attached hydrogens (tertiary/aromatic N) is 2. The van der Waals surface area contributed by atoms with Crippen molar-refractivity contribution in [2.24, 2.45) is 0 Å². The van der Waals surface area contributed by atoms with Gasteiger partial charge in [0.25, 0.3) is 0 Å². The molecule has 0 aliphatic carbocycles. The van der Waals surface area contributed by atoms with Gasteiger partial charge in [-0.3, -0.25) is 0 Å². The van der Waals surface area contributed by atoms with Crippen LogP contribution in [-0.4, -0.2) is 25.7 Å². The fourth-order valence-electron chi connectivity index (χ4n) is 3.04. The lowest BCUT2D eigenvalue weighted by molar-refractivity contribution is 0.767. The zero-order valence-corrected chi connectivity index (χ0v) is 15.9. The van der Waals surface area contributed by atoms with Gasteiger partial charge in [0.15, 0.2) is 5.16 Å². The summed E-state index contributed by atoms with van der Waals surface area (Å²) in [5.41, 5.74) is 4.39. The lowest BCUT2D eigenvalue weighted by Gasteiger charge is -2.02. The standard InChI is InChI=1S/C22H22N4S/c1-3-9-17(10-4-1)20-21(18-11-5-2-6-12-18)26-22(25-20)27-16-8-7-13-19-23-14-15-24-19/h1-6,9-12,14-15H,7-8,13,16H2,(H,23,24)(H,25,26). The van der Waals surface area contributed by atoms with Crippen LogP contribution in [0.5, 0.6) is 0 Å². The molecule has 136 valence electrons. The van der Waals surface area contributed by atoms with Crippen LogP contribution in [0.3, 0.4) is 0 Å². The zero-order chi connectivity index (χ0) is 18.3. The molecule has 0 unspecified atom stereocenters. The van der Waals surface area contributed by atoms with Gasteiger partial charge in [0, 0.05) is 35.7 Å². The minimum Gasteiger partial charge on any atom is -0.349 e. The van der Waals surface area contributed by atoms with Gasteiger partial charge in [-0.25, -0.2) is 9.97 Å². The maximum atomic E-state index is 4.89. The van der Waals surface area contributed by atoms with E-state index in [0.29, 0.717) is 0 Å². The third-order valence-electron chi connectivity index (χ3n) is 4.39. The third-order valence-corrected chi connectivity index (χ3v) is 5.35. The van der Waals surface area contributed by atoms with Crippen LogP contribution in [0.4, 0.5) is 0 Å². The van der Waals surface area contributed by atoms with Crippen LogP contribution in [0, 0.1) is 0 Å². The smallest absolute Gasteiger partial charge is 0.166 e. The monoisotopic (exact) mass is 374 g/mol. The Labute approximate surface area is 163 Å². The number of unbranched alkanes of at least 4 members (excludes halogenated alkanes) is 1. The van der Waals surface area contributed by atoms with E-state index in [2.05, 4.69) is 63.5 Å². The molecule has 0 bridgehead atoms. The van der Waals surface area contributed by atoms with Gasteiger partial charge in [0.05, 0.1) is 11.4 Å². The topological polar surface area (TPSA) is 57.4 Å². The van der Waals surface area contributed by atoms with Crippen LogP contribution in [0.25, 0.3) is 22.5 Å². The predicted octanol–water partition coefficient (Wildman–Crippen LogP) is 5.58. The highest BCUT2D eigenvalue weighted by Gasteiger charge is 2.14. The quantitative estimate of drug-likeness (QED) is 0.312. The number of H-pyrrole nitrogens is 2. The number of hydrogen-bond acceptors (Lipinski definition) is 3. The van der Waals surface area contributed by atoms with Crippen molar-refractivity contribution in [2.75, 3.05) is 5.75 Å². The summed E-state index contributed by atoms with van der Waals surface area (Å²) in [7, 11) is 0. The number of aromatic amines is 2. The van der Waals surface area contributed by atoms with E-state index in [9.17, 15) is 0 Å². The Morgan fingerprint density at radius 2 is 1.59 bits per heavy atom. The number of thioether (sulfide) groups is 1. The fourth-order valence-corrected chi connectivity index (χ4v) is 3.91. The molecule has 4 aromatic rings. The average Bonchev–Trinajstić information content (AvgIpc) is 3.39. The van der Waals surface area contributed by atoms with E-state index in [-0.39, 0.29) is 0 Å². The molecule has 0 atom stereocenters. The normalized spacial score (nSPS) is 11.0. The summed E-state index contributed by atoms with van der Waals surface area (Å²) in [5, 5.41) is 0.978. The van der Waals surface area contributed by atoms with E-state index in [1.165, 1.54) is 0 Å². The fraction of sp³-hybridized carbons (Fsp3) is 0.182. The molecule has 27 heavy (non-hydrogen) atoms. The van der Waals surface area contributed by atoms with Crippen molar-refractivity contribution in [2.45, 2.75) is 24.4 Å². The van der Waals surface area contributed by atoms with Crippen LogP contribution in [0.1, 0.15) is 18.7 Å². The second kappa shape index (κ2) is 8.73. The van der Waals surface area contributed by atoms with Crippen molar-refractivity contribution >= 4 is 11.8 Å². The number of nitrogens with one attached hydrogen (secondary N) is 2. The molecule has 0 radical (unpaired) electrons. The molecule has 2 aromatic heterocycles. The molecule has 0 saturated heterocycles. The van der Waals surface area contributed by atoms with Crippen molar-refractivity contribution in [3.8, 4) is 22.5 Å². The Hall–Kier alpha value is -2.79. The molecule has 0 fully saturated rings. The summed E-state index contributed by atoms with van der Waals surface area (Å²) in [4.78, 5) is 15.9. The third kappa shape index (κ3) is 4.49.